The molecule has 1 aliphatic rings. The number of hydrogen-bond acceptors (Lipinski definition) is 3. The molecule has 2 rings (SSSR count). The van der Waals surface area contributed by atoms with Crippen LogP contribution in [0.1, 0.15) is 6.42 Å². The van der Waals surface area contributed by atoms with Crippen LogP contribution in [0.5, 0.6) is 11.5 Å². The van der Waals surface area contributed by atoms with Crippen LogP contribution in [0.2, 0.25) is 0 Å². The number of ether oxygens (including phenoxy) is 2. The van der Waals surface area contributed by atoms with E-state index in [1.165, 1.54) is 0 Å². The first-order chi connectivity index (χ1) is 6.40. The highest BCUT2D eigenvalue weighted by Gasteiger charge is 2.16. The predicted molar refractivity (Wildman–Crippen MR) is 48.1 cm³/mol. The Morgan fingerprint density at radius 3 is 2.85 bits per heavy atom. The van der Waals surface area contributed by atoms with E-state index in [2.05, 4.69) is 0 Å². The Morgan fingerprint density at radius 1 is 1.31 bits per heavy atom. The van der Waals surface area contributed by atoms with Gasteiger partial charge in [0.2, 0.25) is 0 Å². The van der Waals surface area contributed by atoms with Crippen LogP contribution in [0, 0.1) is 0 Å². The Bertz CT molecular complexity index is 285. The molecular weight excluding hydrogens is 168 g/mol. The standard InChI is InChI=1S/C10H12O3/c11-7-8-5-6-12-9-3-1-2-4-10(9)13-8/h1-4,8,11H,5-7H2. The van der Waals surface area contributed by atoms with Crippen molar-refractivity contribution in [3.63, 3.8) is 0 Å². The molecule has 0 aromatic heterocycles. The zero-order chi connectivity index (χ0) is 9.10. The fourth-order valence-electron chi connectivity index (χ4n) is 1.33. The number of hydrogen-bond donors (Lipinski definition) is 1. The van der Waals surface area contributed by atoms with Crippen molar-refractivity contribution >= 4 is 0 Å². The van der Waals surface area contributed by atoms with Crippen LogP contribution in [0.3, 0.4) is 0 Å². The molecule has 0 saturated carbocycles. The van der Waals surface area contributed by atoms with Gasteiger partial charge in [0.25, 0.3) is 0 Å². The summed E-state index contributed by atoms with van der Waals surface area (Å²) in [6.45, 7) is 0.639. The minimum atomic E-state index is -0.136. The minimum Gasteiger partial charge on any atom is -0.490 e. The lowest BCUT2D eigenvalue weighted by Crippen LogP contribution is -2.21. The second-order valence-corrected chi connectivity index (χ2v) is 3.01. The van der Waals surface area contributed by atoms with Gasteiger partial charge in [0.1, 0.15) is 6.10 Å². The fourth-order valence-corrected chi connectivity index (χ4v) is 1.33. The Kier molecular flexibility index (Phi) is 2.36. The molecule has 13 heavy (non-hydrogen) atoms. The molecule has 0 radical (unpaired) electrons. The molecule has 1 atom stereocenters. The summed E-state index contributed by atoms with van der Waals surface area (Å²) in [7, 11) is 0. The Balaban J connectivity index is 2.23. The summed E-state index contributed by atoms with van der Waals surface area (Å²) < 4.78 is 11.0. The van der Waals surface area contributed by atoms with E-state index in [1.54, 1.807) is 0 Å². The summed E-state index contributed by atoms with van der Waals surface area (Å²) >= 11 is 0. The average Bonchev–Trinajstić information content (AvgIpc) is 2.38. The van der Waals surface area contributed by atoms with Gasteiger partial charge in [-0.3, -0.25) is 0 Å². The van der Waals surface area contributed by atoms with Crippen molar-refractivity contribution in [2.45, 2.75) is 12.5 Å². The molecule has 1 aromatic carbocycles. The molecule has 0 bridgehead atoms. The van der Waals surface area contributed by atoms with Crippen molar-refractivity contribution in [2.75, 3.05) is 13.2 Å². The van der Waals surface area contributed by atoms with Gasteiger partial charge in [-0.25, -0.2) is 0 Å². The topological polar surface area (TPSA) is 38.7 Å². The third-order valence-corrected chi connectivity index (χ3v) is 2.04. The van der Waals surface area contributed by atoms with Gasteiger partial charge in [-0.2, -0.15) is 0 Å². The van der Waals surface area contributed by atoms with Crippen LogP contribution in [0.15, 0.2) is 24.3 Å². The first-order valence-corrected chi connectivity index (χ1v) is 4.39. The van der Waals surface area contributed by atoms with Crippen LogP contribution < -0.4 is 9.47 Å². The molecule has 0 spiro atoms. The molecule has 0 aliphatic carbocycles. The van der Waals surface area contributed by atoms with E-state index in [0.29, 0.717) is 6.61 Å². The number of aliphatic hydroxyl groups excluding tert-OH is 1. The lowest BCUT2D eigenvalue weighted by molar-refractivity contribution is 0.110. The third-order valence-electron chi connectivity index (χ3n) is 2.04. The fraction of sp³-hybridized carbons (Fsp3) is 0.400. The molecule has 3 nitrogen and oxygen atoms in total. The number of aliphatic hydroxyl groups is 1. The van der Waals surface area contributed by atoms with Crippen LogP contribution in [0.25, 0.3) is 0 Å². The monoisotopic (exact) mass is 180 g/mol. The maximum absolute atomic E-state index is 8.96. The Morgan fingerprint density at radius 2 is 2.08 bits per heavy atom. The molecule has 1 aliphatic heterocycles. The van der Waals surface area contributed by atoms with E-state index in [-0.39, 0.29) is 12.7 Å². The van der Waals surface area contributed by atoms with Gasteiger partial charge in [-0.05, 0) is 12.1 Å². The Hall–Kier alpha value is -1.22. The zero-order valence-electron chi connectivity index (χ0n) is 7.27. The number of benzene rings is 1. The van der Waals surface area contributed by atoms with Gasteiger partial charge < -0.3 is 14.6 Å². The van der Waals surface area contributed by atoms with Crippen molar-refractivity contribution in [3.05, 3.63) is 24.3 Å². The first-order valence-electron chi connectivity index (χ1n) is 4.39. The van der Waals surface area contributed by atoms with Crippen molar-refractivity contribution < 1.29 is 14.6 Å². The number of rotatable bonds is 1. The lowest BCUT2D eigenvalue weighted by Gasteiger charge is -2.12. The summed E-state index contributed by atoms with van der Waals surface area (Å²) in [6, 6.07) is 7.52. The van der Waals surface area contributed by atoms with Gasteiger partial charge in [-0.1, -0.05) is 12.1 Å². The summed E-state index contributed by atoms with van der Waals surface area (Å²) in [4.78, 5) is 0. The second kappa shape index (κ2) is 3.66. The van der Waals surface area contributed by atoms with E-state index in [1.807, 2.05) is 24.3 Å². The molecule has 1 N–H and O–H groups in total. The molecule has 0 saturated heterocycles. The molecule has 0 fully saturated rings. The molecule has 1 aromatic rings. The highest BCUT2D eigenvalue weighted by molar-refractivity contribution is 5.40. The van der Waals surface area contributed by atoms with Crippen LogP contribution >= 0.6 is 0 Å². The normalized spacial score (nSPS) is 20.8. The second-order valence-electron chi connectivity index (χ2n) is 3.01. The summed E-state index contributed by atoms with van der Waals surface area (Å²) in [5, 5.41) is 8.96. The van der Waals surface area contributed by atoms with Gasteiger partial charge in [0.05, 0.1) is 13.2 Å². The summed E-state index contributed by atoms with van der Waals surface area (Å²) in [6.07, 6.45) is 0.592. The van der Waals surface area contributed by atoms with E-state index >= 15 is 0 Å². The van der Waals surface area contributed by atoms with Crippen LogP contribution in [-0.4, -0.2) is 24.4 Å². The van der Waals surface area contributed by atoms with Gasteiger partial charge in [-0.15, -0.1) is 0 Å². The molecule has 0 amide bonds. The molecular formula is C10H12O3. The maximum atomic E-state index is 8.96. The van der Waals surface area contributed by atoms with E-state index in [0.717, 1.165) is 17.9 Å². The lowest BCUT2D eigenvalue weighted by atomic mass is 10.3. The van der Waals surface area contributed by atoms with Crippen LogP contribution in [-0.2, 0) is 0 Å². The summed E-state index contributed by atoms with van der Waals surface area (Å²) in [5.74, 6) is 1.48. The largest absolute Gasteiger partial charge is 0.490 e. The third kappa shape index (κ3) is 1.75. The van der Waals surface area contributed by atoms with Crippen molar-refractivity contribution in [1.29, 1.82) is 0 Å². The maximum Gasteiger partial charge on any atom is 0.161 e. The SMILES string of the molecule is OCC1CCOc2ccccc2O1. The Labute approximate surface area is 76.9 Å². The smallest absolute Gasteiger partial charge is 0.161 e. The quantitative estimate of drug-likeness (QED) is 0.706. The number of fused-ring (bicyclic) bond motifs is 1. The van der Waals surface area contributed by atoms with Crippen molar-refractivity contribution in [3.8, 4) is 11.5 Å². The molecule has 1 unspecified atom stereocenters. The number of para-hydroxylation sites is 2. The van der Waals surface area contributed by atoms with E-state index in [4.69, 9.17) is 14.6 Å². The van der Waals surface area contributed by atoms with E-state index in [9.17, 15) is 0 Å². The highest BCUT2D eigenvalue weighted by Crippen LogP contribution is 2.30. The van der Waals surface area contributed by atoms with Crippen molar-refractivity contribution in [1.82, 2.24) is 0 Å². The van der Waals surface area contributed by atoms with Gasteiger partial charge >= 0.3 is 0 Å². The average molecular weight is 180 g/mol. The zero-order valence-corrected chi connectivity index (χ0v) is 7.27. The van der Waals surface area contributed by atoms with Crippen LogP contribution in [0.4, 0.5) is 0 Å². The van der Waals surface area contributed by atoms with Gasteiger partial charge in [0, 0.05) is 6.42 Å². The molecule has 1 heterocycles. The van der Waals surface area contributed by atoms with Crippen molar-refractivity contribution in [2.24, 2.45) is 0 Å². The predicted octanol–water partition coefficient (Wildman–Crippen LogP) is 1.21. The summed E-state index contributed by atoms with van der Waals surface area (Å²) in [5.41, 5.74) is 0. The highest BCUT2D eigenvalue weighted by atomic mass is 16.5. The minimum absolute atomic E-state index is 0.0394. The molecule has 3 heteroatoms. The van der Waals surface area contributed by atoms with Gasteiger partial charge in [0.15, 0.2) is 11.5 Å². The van der Waals surface area contributed by atoms with E-state index < -0.39 is 0 Å². The first kappa shape index (κ1) is 8.38. The molecule has 70 valence electrons.